The molecule has 0 saturated heterocycles. The average Bonchev–Trinajstić information content (AvgIpc) is 2.69. The first-order valence-electron chi connectivity index (χ1n) is 5.16. The average molecular weight is 289 g/mol. The second-order valence-electron chi connectivity index (χ2n) is 3.76. The van der Waals surface area contributed by atoms with Crippen molar-refractivity contribution in [1.82, 2.24) is 4.98 Å². The number of nitrogens with zero attached hydrogens (tertiary/aromatic N) is 1. The third kappa shape index (κ3) is 2.70. The quantitative estimate of drug-likeness (QED) is 0.799. The summed E-state index contributed by atoms with van der Waals surface area (Å²) in [6.45, 7) is 1.87. The SMILES string of the molecule is Cc1nc(-c2ccc(C(F)(F)F)cc2)sc1CS. The molecule has 0 radical (unpaired) electrons. The number of rotatable bonds is 2. The normalized spacial score (nSPS) is 11.8. The molecule has 0 fully saturated rings. The van der Waals surface area contributed by atoms with E-state index in [1.54, 1.807) is 0 Å². The van der Waals surface area contributed by atoms with Gasteiger partial charge in [-0.05, 0) is 19.1 Å². The van der Waals surface area contributed by atoms with Gasteiger partial charge in [0.1, 0.15) is 5.01 Å². The molecule has 0 unspecified atom stereocenters. The zero-order valence-electron chi connectivity index (χ0n) is 9.45. The Morgan fingerprint density at radius 1 is 1.22 bits per heavy atom. The van der Waals surface area contributed by atoms with Gasteiger partial charge in [0, 0.05) is 16.2 Å². The Hall–Kier alpha value is -1.01. The molecule has 0 bridgehead atoms. The number of thiol groups is 1. The lowest BCUT2D eigenvalue weighted by atomic mass is 10.1. The van der Waals surface area contributed by atoms with Crippen LogP contribution in [0.2, 0.25) is 0 Å². The topological polar surface area (TPSA) is 12.9 Å². The van der Waals surface area contributed by atoms with Gasteiger partial charge in [-0.2, -0.15) is 25.8 Å². The Kier molecular flexibility index (Phi) is 3.68. The maximum atomic E-state index is 12.4. The first kappa shape index (κ1) is 13.4. The number of benzene rings is 1. The van der Waals surface area contributed by atoms with Crippen LogP contribution in [0.1, 0.15) is 16.1 Å². The summed E-state index contributed by atoms with van der Waals surface area (Å²) in [7, 11) is 0. The summed E-state index contributed by atoms with van der Waals surface area (Å²) < 4.78 is 37.3. The number of thiazole rings is 1. The molecule has 0 aliphatic rings. The molecule has 0 spiro atoms. The van der Waals surface area contributed by atoms with Crippen molar-refractivity contribution in [3.8, 4) is 10.6 Å². The molecule has 0 aliphatic heterocycles. The lowest BCUT2D eigenvalue weighted by molar-refractivity contribution is -0.137. The molecule has 0 aliphatic carbocycles. The van der Waals surface area contributed by atoms with E-state index in [-0.39, 0.29) is 0 Å². The van der Waals surface area contributed by atoms with Crippen LogP contribution in [0.5, 0.6) is 0 Å². The van der Waals surface area contributed by atoms with Crippen molar-refractivity contribution in [2.75, 3.05) is 0 Å². The van der Waals surface area contributed by atoms with Gasteiger partial charge >= 0.3 is 6.18 Å². The van der Waals surface area contributed by atoms with Crippen LogP contribution in [-0.2, 0) is 11.9 Å². The minimum Gasteiger partial charge on any atom is -0.241 e. The van der Waals surface area contributed by atoms with Gasteiger partial charge < -0.3 is 0 Å². The second-order valence-corrected chi connectivity index (χ2v) is 5.16. The fraction of sp³-hybridized carbons (Fsp3) is 0.250. The zero-order chi connectivity index (χ0) is 13.3. The molecule has 18 heavy (non-hydrogen) atoms. The van der Waals surface area contributed by atoms with Gasteiger partial charge in [0.25, 0.3) is 0 Å². The number of hydrogen-bond acceptors (Lipinski definition) is 3. The van der Waals surface area contributed by atoms with Crippen molar-refractivity contribution >= 4 is 24.0 Å². The van der Waals surface area contributed by atoms with E-state index in [4.69, 9.17) is 0 Å². The molecule has 6 heteroatoms. The van der Waals surface area contributed by atoms with Gasteiger partial charge in [0.2, 0.25) is 0 Å². The second kappa shape index (κ2) is 4.93. The fourth-order valence-corrected chi connectivity index (χ4v) is 2.85. The van der Waals surface area contributed by atoms with Gasteiger partial charge in [-0.25, -0.2) is 4.98 Å². The third-order valence-electron chi connectivity index (χ3n) is 2.50. The Balaban J connectivity index is 2.34. The number of aryl methyl sites for hydroxylation is 1. The largest absolute Gasteiger partial charge is 0.416 e. The van der Waals surface area contributed by atoms with Crippen LogP contribution < -0.4 is 0 Å². The molecule has 0 N–H and O–H groups in total. The van der Waals surface area contributed by atoms with E-state index >= 15 is 0 Å². The molecule has 1 nitrogen and oxygen atoms in total. The van der Waals surface area contributed by atoms with Gasteiger partial charge in [-0.1, -0.05) is 12.1 Å². The van der Waals surface area contributed by atoms with Crippen LogP contribution in [0.15, 0.2) is 24.3 Å². The third-order valence-corrected chi connectivity index (χ3v) is 4.23. The first-order chi connectivity index (χ1) is 8.41. The van der Waals surface area contributed by atoms with Crippen molar-refractivity contribution in [2.24, 2.45) is 0 Å². The highest BCUT2D eigenvalue weighted by Gasteiger charge is 2.30. The maximum absolute atomic E-state index is 12.4. The number of halogens is 3. The maximum Gasteiger partial charge on any atom is 0.416 e. The van der Waals surface area contributed by atoms with Crippen LogP contribution in [-0.4, -0.2) is 4.98 Å². The van der Waals surface area contributed by atoms with Crippen LogP contribution in [0, 0.1) is 6.92 Å². The Bertz CT molecular complexity index is 543. The van der Waals surface area contributed by atoms with E-state index in [1.807, 2.05) is 6.92 Å². The highest BCUT2D eigenvalue weighted by Crippen LogP contribution is 2.33. The summed E-state index contributed by atoms with van der Waals surface area (Å²) in [5.74, 6) is 0.587. The predicted octanol–water partition coefficient (Wildman–Crippen LogP) is 4.57. The number of hydrogen-bond donors (Lipinski definition) is 1. The van der Waals surface area contributed by atoms with Crippen LogP contribution in [0.25, 0.3) is 10.6 Å². The van der Waals surface area contributed by atoms with E-state index in [9.17, 15) is 13.2 Å². The van der Waals surface area contributed by atoms with Crippen LogP contribution in [0.3, 0.4) is 0 Å². The zero-order valence-corrected chi connectivity index (χ0v) is 11.2. The Labute approximate surface area is 112 Å². The van der Waals surface area contributed by atoms with E-state index < -0.39 is 11.7 Å². The number of aromatic nitrogens is 1. The summed E-state index contributed by atoms with van der Waals surface area (Å²) >= 11 is 5.64. The van der Waals surface area contributed by atoms with Crippen molar-refractivity contribution in [3.05, 3.63) is 40.4 Å². The lowest BCUT2D eigenvalue weighted by Gasteiger charge is -2.06. The molecule has 96 valence electrons. The van der Waals surface area contributed by atoms with E-state index in [0.717, 1.165) is 27.7 Å². The monoisotopic (exact) mass is 289 g/mol. The molecule has 1 heterocycles. The Morgan fingerprint density at radius 3 is 2.28 bits per heavy atom. The number of alkyl halides is 3. The molecule has 2 aromatic rings. The molecule has 0 atom stereocenters. The fourth-order valence-electron chi connectivity index (χ4n) is 1.50. The predicted molar refractivity (Wildman–Crippen MR) is 70.0 cm³/mol. The molecule has 1 aromatic heterocycles. The minimum absolute atomic E-state index is 0.587. The molecular formula is C12H10F3NS2. The molecule has 2 rings (SSSR count). The van der Waals surface area contributed by atoms with Gasteiger partial charge in [-0.15, -0.1) is 11.3 Å². The first-order valence-corrected chi connectivity index (χ1v) is 6.61. The van der Waals surface area contributed by atoms with E-state index in [0.29, 0.717) is 11.3 Å². The molecule has 0 amide bonds. The van der Waals surface area contributed by atoms with Gasteiger partial charge in [0.15, 0.2) is 0 Å². The van der Waals surface area contributed by atoms with Crippen LogP contribution in [0.4, 0.5) is 13.2 Å². The van der Waals surface area contributed by atoms with Crippen molar-refractivity contribution in [3.63, 3.8) is 0 Å². The standard InChI is InChI=1S/C12H10F3NS2/c1-7-10(6-17)18-11(16-7)8-2-4-9(5-3-8)12(13,14)15/h2-5,17H,6H2,1H3. The minimum atomic E-state index is -4.30. The summed E-state index contributed by atoms with van der Waals surface area (Å²) in [6, 6.07) is 5.05. The summed E-state index contributed by atoms with van der Waals surface area (Å²) in [5, 5.41) is 0.727. The van der Waals surface area contributed by atoms with Crippen LogP contribution >= 0.6 is 24.0 Å². The van der Waals surface area contributed by atoms with Crippen molar-refractivity contribution in [2.45, 2.75) is 18.9 Å². The van der Waals surface area contributed by atoms with Gasteiger partial charge in [0.05, 0.1) is 11.3 Å². The molecular weight excluding hydrogens is 279 g/mol. The van der Waals surface area contributed by atoms with E-state index in [1.165, 1.54) is 23.5 Å². The highest BCUT2D eigenvalue weighted by atomic mass is 32.1. The van der Waals surface area contributed by atoms with E-state index in [2.05, 4.69) is 17.6 Å². The summed E-state index contributed by atoms with van der Waals surface area (Å²) in [5.41, 5.74) is 0.933. The lowest BCUT2D eigenvalue weighted by Crippen LogP contribution is -2.03. The molecule has 0 saturated carbocycles. The summed E-state index contributed by atoms with van der Waals surface area (Å²) in [6.07, 6.45) is -4.30. The van der Waals surface area contributed by atoms with Crippen molar-refractivity contribution in [1.29, 1.82) is 0 Å². The van der Waals surface area contributed by atoms with Crippen molar-refractivity contribution < 1.29 is 13.2 Å². The highest BCUT2D eigenvalue weighted by molar-refractivity contribution is 7.79. The Morgan fingerprint density at radius 2 is 1.83 bits per heavy atom. The summed E-state index contributed by atoms with van der Waals surface area (Å²) in [4.78, 5) is 5.37. The smallest absolute Gasteiger partial charge is 0.241 e. The van der Waals surface area contributed by atoms with Gasteiger partial charge in [-0.3, -0.25) is 0 Å². The molecule has 1 aromatic carbocycles.